The van der Waals surface area contributed by atoms with Gasteiger partial charge < -0.3 is 14.8 Å². The summed E-state index contributed by atoms with van der Waals surface area (Å²) in [7, 11) is 0. The van der Waals surface area contributed by atoms with Crippen LogP contribution in [0.15, 0.2) is 18.2 Å². The van der Waals surface area contributed by atoms with Crippen molar-refractivity contribution in [3.63, 3.8) is 0 Å². The summed E-state index contributed by atoms with van der Waals surface area (Å²) >= 11 is 6.13. The van der Waals surface area contributed by atoms with E-state index in [-0.39, 0.29) is 12.7 Å². The molecule has 0 fully saturated rings. The summed E-state index contributed by atoms with van der Waals surface area (Å²) in [5.41, 5.74) is 1.08. The van der Waals surface area contributed by atoms with Gasteiger partial charge in [-0.3, -0.25) is 0 Å². The van der Waals surface area contributed by atoms with E-state index < -0.39 is 5.97 Å². The molecule has 112 valence electrons. The van der Waals surface area contributed by atoms with E-state index in [9.17, 15) is 4.79 Å². The minimum Gasteiger partial charge on any atom is -0.480 e. The van der Waals surface area contributed by atoms with Crippen LogP contribution in [0, 0.1) is 0 Å². The zero-order valence-corrected chi connectivity index (χ0v) is 13.0. The lowest BCUT2D eigenvalue weighted by molar-refractivity contribution is -0.149. The Hall–Kier alpha value is -1.26. The van der Waals surface area contributed by atoms with Gasteiger partial charge in [-0.15, -0.1) is 0 Å². The van der Waals surface area contributed by atoms with E-state index in [1.165, 1.54) is 0 Å². The highest BCUT2D eigenvalue weighted by atomic mass is 35.5. The fraction of sp³-hybridized carbons (Fsp3) is 0.533. The Balaban J connectivity index is 2.49. The van der Waals surface area contributed by atoms with Crippen molar-refractivity contribution in [2.45, 2.75) is 39.8 Å². The second-order valence-electron chi connectivity index (χ2n) is 4.77. The average Bonchev–Trinajstić information content (AvgIpc) is 2.37. The van der Waals surface area contributed by atoms with Gasteiger partial charge in [-0.25, -0.2) is 4.79 Å². The highest BCUT2D eigenvalue weighted by molar-refractivity contribution is 6.32. The SMILES string of the molecule is CCCNCc1ccc(OCC(=O)OC(C)C)c(Cl)c1. The van der Waals surface area contributed by atoms with Gasteiger partial charge in [0.2, 0.25) is 0 Å². The fourth-order valence-corrected chi connectivity index (χ4v) is 1.87. The summed E-state index contributed by atoms with van der Waals surface area (Å²) in [6, 6.07) is 5.54. The van der Waals surface area contributed by atoms with Gasteiger partial charge in [0.05, 0.1) is 11.1 Å². The maximum absolute atomic E-state index is 11.4. The van der Waals surface area contributed by atoms with Crippen molar-refractivity contribution in [3.8, 4) is 5.75 Å². The first-order valence-electron chi connectivity index (χ1n) is 6.84. The van der Waals surface area contributed by atoms with E-state index in [0.29, 0.717) is 10.8 Å². The van der Waals surface area contributed by atoms with Crippen LogP contribution in [-0.2, 0) is 16.1 Å². The van der Waals surface area contributed by atoms with Gasteiger partial charge in [-0.1, -0.05) is 24.6 Å². The standard InChI is InChI=1S/C15H22ClNO3/c1-4-7-17-9-12-5-6-14(13(16)8-12)19-10-15(18)20-11(2)3/h5-6,8,11,17H,4,7,9-10H2,1-3H3. The number of hydrogen-bond acceptors (Lipinski definition) is 4. The molecule has 0 amide bonds. The van der Waals surface area contributed by atoms with Crippen LogP contribution >= 0.6 is 11.6 Å². The maximum atomic E-state index is 11.4. The molecule has 0 spiro atoms. The first-order chi connectivity index (χ1) is 9.52. The van der Waals surface area contributed by atoms with Crippen molar-refractivity contribution in [2.75, 3.05) is 13.2 Å². The molecule has 0 aliphatic heterocycles. The molecule has 0 aliphatic carbocycles. The van der Waals surface area contributed by atoms with Gasteiger partial charge in [-0.05, 0) is 44.5 Å². The second kappa shape index (κ2) is 8.82. The Bertz CT molecular complexity index is 435. The molecule has 1 aromatic carbocycles. The molecule has 0 saturated carbocycles. The van der Waals surface area contributed by atoms with Crippen molar-refractivity contribution in [1.29, 1.82) is 0 Å². The molecular weight excluding hydrogens is 278 g/mol. The van der Waals surface area contributed by atoms with Crippen LogP contribution in [-0.4, -0.2) is 25.2 Å². The molecule has 1 N–H and O–H groups in total. The van der Waals surface area contributed by atoms with Crippen LogP contribution in [0.1, 0.15) is 32.8 Å². The molecule has 1 rings (SSSR count). The molecule has 0 aliphatic rings. The Morgan fingerprint density at radius 3 is 2.75 bits per heavy atom. The normalized spacial score (nSPS) is 10.7. The third-order valence-electron chi connectivity index (χ3n) is 2.46. The summed E-state index contributed by atoms with van der Waals surface area (Å²) in [5.74, 6) is 0.0939. The lowest BCUT2D eigenvalue weighted by Crippen LogP contribution is -2.19. The summed E-state index contributed by atoms with van der Waals surface area (Å²) < 4.78 is 10.3. The lowest BCUT2D eigenvalue weighted by atomic mass is 10.2. The highest BCUT2D eigenvalue weighted by Gasteiger charge is 2.09. The lowest BCUT2D eigenvalue weighted by Gasteiger charge is -2.11. The van der Waals surface area contributed by atoms with Gasteiger partial charge >= 0.3 is 5.97 Å². The number of hydrogen-bond donors (Lipinski definition) is 1. The van der Waals surface area contributed by atoms with Crippen LogP contribution in [0.3, 0.4) is 0 Å². The molecule has 0 bridgehead atoms. The predicted octanol–water partition coefficient (Wildman–Crippen LogP) is 3.17. The molecule has 4 nitrogen and oxygen atoms in total. The van der Waals surface area contributed by atoms with Crippen LogP contribution in [0.25, 0.3) is 0 Å². The Morgan fingerprint density at radius 1 is 1.40 bits per heavy atom. The first kappa shape index (κ1) is 16.8. The molecule has 0 heterocycles. The third-order valence-corrected chi connectivity index (χ3v) is 2.76. The Morgan fingerprint density at radius 2 is 2.15 bits per heavy atom. The maximum Gasteiger partial charge on any atom is 0.344 e. The quantitative estimate of drug-likeness (QED) is 0.592. The molecule has 20 heavy (non-hydrogen) atoms. The monoisotopic (exact) mass is 299 g/mol. The van der Waals surface area contributed by atoms with Gasteiger partial charge in [0.1, 0.15) is 5.75 Å². The number of halogens is 1. The summed E-state index contributed by atoms with van der Waals surface area (Å²) in [6.07, 6.45) is 0.945. The van der Waals surface area contributed by atoms with Crippen molar-refractivity contribution < 1.29 is 14.3 Å². The zero-order valence-electron chi connectivity index (χ0n) is 12.2. The fourth-order valence-electron chi connectivity index (χ4n) is 1.61. The minimum atomic E-state index is -0.398. The van der Waals surface area contributed by atoms with Crippen LogP contribution < -0.4 is 10.1 Å². The van der Waals surface area contributed by atoms with E-state index in [4.69, 9.17) is 21.1 Å². The van der Waals surface area contributed by atoms with E-state index in [1.807, 2.05) is 12.1 Å². The smallest absolute Gasteiger partial charge is 0.344 e. The van der Waals surface area contributed by atoms with Crippen molar-refractivity contribution >= 4 is 17.6 Å². The number of rotatable bonds is 8. The van der Waals surface area contributed by atoms with Crippen molar-refractivity contribution in [3.05, 3.63) is 28.8 Å². The van der Waals surface area contributed by atoms with Crippen LogP contribution in [0.4, 0.5) is 0 Å². The van der Waals surface area contributed by atoms with E-state index >= 15 is 0 Å². The molecule has 0 aromatic heterocycles. The summed E-state index contributed by atoms with van der Waals surface area (Å²) in [5, 5.41) is 3.79. The largest absolute Gasteiger partial charge is 0.480 e. The number of ether oxygens (including phenoxy) is 2. The Labute approximate surface area is 125 Å². The molecule has 0 atom stereocenters. The Kier molecular flexibility index (Phi) is 7.41. The number of carbonyl (C=O) groups is 1. The molecule has 5 heteroatoms. The topological polar surface area (TPSA) is 47.6 Å². The highest BCUT2D eigenvalue weighted by Crippen LogP contribution is 2.25. The number of nitrogens with one attached hydrogen (secondary N) is 1. The van der Waals surface area contributed by atoms with Gasteiger partial charge in [-0.2, -0.15) is 0 Å². The average molecular weight is 300 g/mol. The molecule has 0 saturated heterocycles. The third kappa shape index (κ3) is 6.26. The first-order valence-corrected chi connectivity index (χ1v) is 7.22. The van der Waals surface area contributed by atoms with Gasteiger partial charge in [0, 0.05) is 6.54 Å². The van der Waals surface area contributed by atoms with E-state index in [2.05, 4.69) is 12.2 Å². The van der Waals surface area contributed by atoms with E-state index in [1.54, 1.807) is 19.9 Å². The van der Waals surface area contributed by atoms with E-state index in [0.717, 1.165) is 25.1 Å². The molecule has 0 unspecified atom stereocenters. The van der Waals surface area contributed by atoms with Crippen LogP contribution in [0.5, 0.6) is 5.75 Å². The number of benzene rings is 1. The predicted molar refractivity (Wildman–Crippen MR) is 80.2 cm³/mol. The van der Waals surface area contributed by atoms with Gasteiger partial charge in [0.15, 0.2) is 6.61 Å². The summed E-state index contributed by atoms with van der Waals surface area (Å²) in [4.78, 5) is 11.4. The molecule has 0 radical (unpaired) electrons. The zero-order chi connectivity index (χ0) is 15.0. The molecule has 1 aromatic rings. The summed E-state index contributed by atoms with van der Waals surface area (Å²) in [6.45, 7) is 7.31. The van der Waals surface area contributed by atoms with Crippen molar-refractivity contribution in [2.24, 2.45) is 0 Å². The van der Waals surface area contributed by atoms with Crippen LogP contribution in [0.2, 0.25) is 5.02 Å². The van der Waals surface area contributed by atoms with Gasteiger partial charge in [0.25, 0.3) is 0 Å². The number of esters is 1. The van der Waals surface area contributed by atoms with Crippen molar-refractivity contribution in [1.82, 2.24) is 5.32 Å². The minimum absolute atomic E-state index is 0.134. The number of carbonyl (C=O) groups excluding carboxylic acids is 1. The second-order valence-corrected chi connectivity index (χ2v) is 5.18. The molecular formula is C15H22ClNO3.